The lowest BCUT2D eigenvalue weighted by molar-refractivity contribution is -0.142. The number of ketones is 1. The number of nitrogens with zero attached hydrogens (tertiary/aromatic N) is 5. The molecular weight excluding hydrogens is 949 g/mol. The van der Waals surface area contributed by atoms with Crippen LogP contribution in [0.15, 0.2) is 42.5 Å². The van der Waals surface area contributed by atoms with Crippen LogP contribution in [-0.2, 0) is 61.8 Å². The Bertz CT molecular complexity index is 3080. The number of alkyl halides is 7. The Morgan fingerprint density at radius 1 is 0.970 bits per heavy atom. The molecule has 3 aliphatic carbocycles. The minimum Gasteiger partial charge on any atom is -0.298 e. The largest absolute Gasteiger partial charge is 0.435 e. The van der Waals surface area contributed by atoms with Crippen LogP contribution in [-0.4, -0.2) is 69.3 Å². The second kappa shape index (κ2) is 16.7. The van der Waals surface area contributed by atoms with E-state index in [-0.39, 0.29) is 61.9 Å². The van der Waals surface area contributed by atoms with Gasteiger partial charge in [-0.3, -0.25) is 14.2 Å². The molecule has 2 fully saturated rings. The van der Waals surface area contributed by atoms with E-state index in [1.807, 2.05) is 0 Å². The number of fused-ring (bicyclic) bond motifs is 4. The fraction of sp³-hybridized carbons (Fsp3) is 0.455. The SMILES string of the molecule is CCS(=O)(=O)Cc1nn(CC(F)F)c2c(-c3ccc(C#CC(C)(C)S(=O)(=O)C4CC4)nc3[C@@H](CC(=O)Cn3nc(C(F)(F)F)c4c3C(F)(F)[C@@H]3C[C@H]43)Cc3cc(F)cc(F)c3)ccc(Cl)c12. The summed E-state index contributed by atoms with van der Waals surface area (Å²) in [7, 11) is -7.60. The molecular formula is C44H39ClF9N5O5S2. The van der Waals surface area contributed by atoms with Crippen LogP contribution in [0.3, 0.4) is 0 Å². The van der Waals surface area contributed by atoms with Crippen LogP contribution < -0.4 is 0 Å². The number of aromatic nitrogens is 5. The first-order chi connectivity index (χ1) is 30.7. The molecule has 2 saturated carbocycles. The number of benzene rings is 2. The van der Waals surface area contributed by atoms with Gasteiger partial charge >= 0.3 is 6.18 Å². The number of hydrogen-bond donors (Lipinski definition) is 0. The molecule has 0 saturated heterocycles. The van der Waals surface area contributed by atoms with E-state index < -0.39 is 132 Å². The van der Waals surface area contributed by atoms with Crippen LogP contribution in [0.1, 0.15) is 97.9 Å². The fourth-order valence-electron chi connectivity index (χ4n) is 8.79. The third-order valence-electron chi connectivity index (χ3n) is 12.2. The maximum Gasteiger partial charge on any atom is 0.435 e. The van der Waals surface area contributed by atoms with Crippen molar-refractivity contribution in [1.29, 1.82) is 0 Å². The topological polar surface area (TPSA) is 134 Å². The van der Waals surface area contributed by atoms with Gasteiger partial charge in [-0.2, -0.15) is 32.1 Å². The Hall–Kier alpha value is -4.94. The molecule has 0 unspecified atom stereocenters. The van der Waals surface area contributed by atoms with Crippen molar-refractivity contribution in [2.75, 3.05) is 5.75 Å². The number of hydrogen-bond acceptors (Lipinski definition) is 8. The maximum absolute atomic E-state index is 15.6. The normalized spacial score (nSPS) is 18.6. The van der Waals surface area contributed by atoms with Crippen LogP contribution in [0.4, 0.5) is 39.5 Å². The number of pyridine rings is 1. The van der Waals surface area contributed by atoms with E-state index in [0.29, 0.717) is 23.6 Å². The first kappa shape index (κ1) is 47.5. The number of Topliss-reactive ketones (excluding diaryl/α,β-unsaturated/α-hetero) is 1. The second-order valence-electron chi connectivity index (χ2n) is 17.4. The predicted octanol–water partition coefficient (Wildman–Crippen LogP) is 9.35. The highest BCUT2D eigenvalue weighted by Crippen LogP contribution is 2.68. The van der Waals surface area contributed by atoms with Crippen LogP contribution in [0.5, 0.6) is 0 Å². The number of carbonyl (C=O) groups excluding carboxylic acids is 1. The Morgan fingerprint density at radius 3 is 2.26 bits per heavy atom. The molecule has 10 nitrogen and oxygen atoms in total. The molecule has 3 aromatic heterocycles. The number of carbonyl (C=O) groups is 1. The van der Waals surface area contributed by atoms with Gasteiger partial charge in [-0.25, -0.2) is 39.4 Å². The smallest absolute Gasteiger partial charge is 0.298 e. The Labute approximate surface area is 377 Å². The van der Waals surface area contributed by atoms with E-state index in [1.165, 1.54) is 45.0 Å². The summed E-state index contributed by atoms with van der Waals surface area (Å²) in [5, 5.41) is 6.98. The van der Waals surface area contributed by atoms with Gasteiger partial charge in [-0.15, -0.1) is 0 Å². The summed E-state index contributed by atoms with van der Waals surface area (Å²) in [5.74, 6) is -6.17. The van der Waals surface area contributed by atoms with Gasteiger partial charge in [0.05, 0.1) is 32.9 Å². The van der Waals surface area contributed by atoms with Crippen molar-refractivity contribution in [3.63, 3.8) is 0 Å². The molecule has 66 heavy (non-hydrogen) atoms. The maximum atomic E-state index is 15.6. The monoisotopic (exact) mass is 987 g/mol. The van der Waals surface area contributed by atoms with Crippen molar-refractivity contribution >= 4 is 48.0 Å². The first-order valence-corrected chi connectivity index (χ1v) is 24.4. The van der Waals surface area contributed by atoms with Gasteiger partial charge in [0.25, 0.3) is 12.3 Å². The molecule has 0 bridgehead atoms. The zero-order chi connectivity index (χ0) is 48.1. The second-order valence-corrected chi connectivity index (χ2v) is 22.9. The molecule has 0 amide bonds. The van der Waals surface area contributed by atoms with Crippen molar-refractivity contribution in [3.8, 4) is 23.0 Å². The standard InChI is InChI=1S/C44H39ClF9N5O5S2/c1-4-65(61,62)21-34-37-33(45)10-9-30(39(37)58(56-34)20-35(48)49)29-8-5-26(11-12-42(2,3)66(63,64)28-6-7-28)55-38(29)23(13-22-14-24(46)17-25(47)15-22)16-27(60)19-59-41-36(40(57-59)44(52,53)54)31-18-32(31)43(41,50)51/h5,8-10,14-15,17,23,28,31-32,35H,4,6-7,13,16,18-21H2,1-3H3/t23-,31+,32-/m1/s1. The molecule has 3 aliphatic rings. The molecule has 8 rings (SSSR count). The van der Waals surface area contributed by atoms with Gasteiger partial charge in [0.2, 0.25) is 0 Å². The summed E-state index contributed by atoms with van der Waals surface area (Å²) < 4.78 is 184. The van der Waals surface area contributed by atoms with Crippen LogP contribution >= 0.6 is 11.6 Å². The third kappa shape index (κ3) is 8.96. The molecule has 3 heterocycles. The van der Waals surface area contributed by atoms with E-state index in [1.54, 1.807) is 0 Å². The van der Waals surface area contributed by atoms with Crippen molar-refractivity contribution in [2.24, 2.45) is 5.92 Å². The lowest BCUT2D eigenvalue weighted by atomic mass is 9.86. The zero-order valence-electron chi connectivity index (χ0n) is 35.2. The van der Waals surface area contributed by atoms with Gasteiger partial charge in [0.1, 0.15) is 40.9 Å². The number of halogens is 10. The van der Waals surface area contributed by atoms with Gasteiger partial charge in [-0.1, -0.05) is 30.5 Å². The Kier molecular flexibility index (Phi) is 12.0. The summed E-state index contributed by atoms with van der Waals surface area (Å²) in [6.45, 7) is 2.03. The molecule has 0 radical (unpaired) electrons. The third-order valence-corrected chi connectivity index (χ3v) is 17.0. The Morgan fingerprint density at radius 2 is 1.64 bits per heavy atom. The Balaban J connectivity index is 1.32. The molecule has 0 spiro atoms. The van der Waals surface area contributed by atoms with Crippen LogP contribution in [0, 0.1) is 29.4 Å². The van der Waals surface area contributed by atoms with Gasteiger partial charge in [-0.05, 0) is 87.3 Å². The first-order valence-electron chi connectivity index (χ1n) is 20.7. The highest BCUT2D eigenvalue weighted by Gasteiger charge is 2.68. The van der Waals surface area contributed by atoms with E-state index >= 15 is 8.78 Å². The number of sulfone groups is 2. The quantitative estimate of drug-likeness (QED) is 0.0749. The zero-order valence-corrected chi connectivity index (χ0v) is 37.6. The average Bonchev–Trinajstić information content (AvgIpc) is 4.13. The molecule has 352 valence electrons. The van der Waals surface area contributed by atoms with E-state index in [0.717, 1.165) is 16.8 Å². The summed E-state index contributed by atoms with van der Waals surface area (Å²) in [5.41, 5.74) is -3.75. The molecule has 3 atom stereocenters. The molecule has 22 heteroatoms. The fourth-order valence-corrected chi connectivity index (χ4v) is 11.7. The summed E-state index contributed by atoms with van der Waals surface area (Å²) in [4.78, 5) is 18.9. The summed E-state index contributed by atoms with van der Waals surface area (Å²) in [6.07, 6.45) is -8.67. The van der Waals surface area contributed by atoms with Crippen molar-refractivity contribution < 1.29 is 61.1 Å². The summed E-state index contributed by atoms with van der Waals surface area (Å²) >= 11 is 6.64. The molecule has 5 aromatic rings. The molecule has 2 aromatic carbocycles. The van der Waals surface area contributed by atoms with Crippen LogP contribution in [0.25, 0.3) is 22.0 Å². The highest BCUT2D eigenvalue weighted by molar-refractivity contribution is 7.93. The van der Waals surface area contributed by atoms with Gasteiger partial charge < -0.3 is 0 Å². The van der Waals surface area contributed by atoms with Gasteiger partial charge in [0, 0.05) is 52.2 Å². The highest BCUT2D eigenvalue weighted by atomic mass is 35.5. The summed E-state index contributed by atoms with van der Waals surface area (Å²) in [6, 6.07) is 7.92. The van der Waals surface area contributed by atoms with Crippen molar-refractivity contribution in [1.82, 2.24) is 24.5 Å². The van der Waals surface area contributed by atoms with E-state index in [4.69, 9.17) is 16.6 Å². The number of rotatable bonds is 15. The van der Waals surface area contributed by atoms with E-state index in [9.17, 15) is 52.4 Å². The average molecular weight is 988 g/mol. The van der Waals surface area contributed by atoms with Crippen molar-refractivity contribution in [3.05, 3.63) is 98.7 Å². The minimum atomic E-state index is -5.13. The van der Waals surface area contributed by atoms with Crippen molar-refractivity contribution in [2.45, 2.75) is 112 Å². The molecule has 0 aliphatic heterocycles. The lowest BCUT2D eigenvalue weighted by Crippen LogP contribution is -2.33. The lowest BCUT2D eigenvalue weighted by Gasteiger charge is -2.22. The molecule has 0 N–H and O–H groups in total. The minimum absolute atomic E-state index is 0.0273. The predicted molar refractivity (Wildman–Crippen MR) is 224 cm³/mol. The van der Waals surface area contributed by atoms with Gasteiger partial charge in [0.15, 0.2) is 31.2 Å². The van der Waals surface area contributed by atoms with E-state index in [2.05, 4.69) is 22.0 Å². The van der Waals surface area contributed by atoms with Crippen LogP contribution in [0.2, 0.25) is 5.02 Å².